The molecule has 0 aliphatic heterocycles. The van der Waals surface area contributed by atoms with E-state index in [4.69, 9.17) is 4.42 Å². The normalized spacial score (nSPS) is 11.5. The number of anilines is 3. The Morgan fingerprint density at radius 2 is 0.885 bits per heavy atom. The quantitative estimate of drug-likeness (QED) is 0.176. The smallest absolute Gasteiger partial charge is 0.137 e. The van der Waals surface area contributed by atoms with Gasteiger partial charge in [0.05, 0.1) is 11.1 Å². The lowest BCUT2D eigenvalue weighted by atomic mass is 9.91. The molecule has 1 heterocycles. The molecule has 0 saturated heterocycles. The van der Waals surface area contributed by atoms with Gasteiger partial charge in [0.25, 0.3) is 0 Å². The van der Waals surface area contributed by atoms with E-state index in [1.54, 1.807) is 0 Å². The van der Waals surface area contributed by atoms with E-state index in [-0.39, 0.29) is 0 Å². The number of benzene rings is 9. The average molecular weight is 664 g/mol. The predicted molar refractivity (Wildman–Crippen MR) is 220 cm³/mol. The van der Waals surface area contributed by atoms with Crippen LogP contribution in [0.1, 0.15) is 0 Å². The first kappa shape index (κ1) is 30.0. The molecular weight excluding hydrogens is 631 g/mol. The van der Waals surface area contributed by atoms with Gasteiger partial charge < -0.3 is 9.32 Å². The van der Waals surface area contributed by atoms with Crippen molar-refractivity contribution in [3.63, 3.8) is 0 Å². The monoisotopic (exact) mass is 663 g/mol. The second-order valence-electron chi connectivity index (χ2n) is 13.4. The first-order valence-electron chi connectivity index (χ1n) is 17.8. The molecule has 0 spiro atoms. The highest BCUT2D eigenvalue weighted by molar-refractivity contribution is 6.13. The second kappa shape index (κ2) is 12.5. The molecule has 0 radical (unpaired) electrons. The molecule has 0 aliphatic rings. The van der Waals surface area contributed by atoms with Gasteiger partial charge in [-0.1, -0.05) is 140 Å². The fourth-order valence-electron chi connectivity index (χ4n) is 7.69. The molecule has 2 heteroatoms. The van der Waals surface area contributed by atoms with Crippen LogP contribution in [-0.4, -0.2) is 0 Å². The molecule has 1 aromatic heterocycles. The first-order valence-corrected chi connectivity index (χ1v) is 17.8. The Kier molecular flexibility index (Phi) is 7.18. The van der Waals surface area contributed by atoms with E-state index in [0.717, 1.165) is 44.6 Å². The topological polar surface area (TPSA) is 16.4 Å². The van der Waals surface area contributed by atoms with E-state index < -0.39 is 0 Å². The lowest BCUT2D eigenvalue weighted by Gasteiger charge is -2.27. The van der Waals surface area contributed by atoms with Crippen LogP contribution < -0.4 is 4.90 Å². The predicted octanol–water partition coefficient (Wildman–Crippen LogP) is 14.4. The van der Waals surface area contributed by atoms with Crippen molar-refractivity contribution in [1.29, 1.82) is 0 Å². The molecule has 0 amide bonds. The zero-order valence-electron chi connectivity index (χ0n) is 28.4. The van der Waals surface area contributed by atoms with Gasteiger partial charge >= 0.3 is 0 Å². The molecule has 9 aromatic carbocycles. The van der Waals surface area contributed by atoms with Gasteiger partial charge in [-0.2, -0.15) is 0 Å². The van der Waals surface area contributed by atoms with E-state index in [2.05, 4.69) is 193 Å². The summed E-state index contributed by atoms with van der Waals surface area (Å²) in [5, 5.41) is 7.13. The summed E-state index contributed by atoms with van der Waals surface area (Å²) in [6, 6.07) is 71.8. The van der Waals surface area contributed by atoms with E-state index in [1.165, 1.54) is 49.4 Å². The van der Waals surface area contributed by atoms with E-state index in [0.29, 0.717) is 0 Å². The van der Waals surface area contributed by atoms with Crippen molar-refractivity contribution >= 4 is 60.5 Å². The second-order valence-corrected chi connectivity index (χ2v) is 13.4. The van der Waals surface area contributed by atoms with Crippen molar-refractivity contribution in [2.45, 2.75) is 0 Å². The summed E-state index contributed by atoms with van der Waals surface area (Å²) in [6.45, 7) is 0. The van der Waals surface area contributed by atoms with E-state index in [9.17, 15) is 0 Å². The largest absolute Gasteiger partial charge is 0.456 e. The van der Waals surface area contributed by atoms with Crippen molar-refractivity contribution in [3.8, 4) is 33.4 Å². The zero-order valence-corrected chi connectivity index (χ0v) is 28.4. The van der Waals surface area contributed by atoms with Gasteiger partial charge in [0.15, 0.2) is 0 Å². The Balaban J connectivity index is 1.15. The minimum absolute atomic E-state index is 0.870. The summed E-state index contributed by atoms with van der Waals surface area (Å²) in [4.78, 5) is 2.37. The van der Waals surface area contributed by atoms with Crippen LogP contribution in [0.3, 0.4) is 0 Å². The van der Waals surface area contributed by atoms with Crippen LogP contribution in [0.4, 0.5) is 17.1 Å². The van der Waals surface area contributed by atoms with E-state index >= 15 is 0 Å². The average Bonchev–Trinajstić information content (AvgIpc) is 3.61. The molecule has 0 saturated carbocycles. The number of rotatable bonds is 6. The lowest BCUT2D eigenvalue weighted by Crippen LogP contribution is -2.10. The van der Waals surface area contributed by atoms with Gasteiger partial charge in [-0.05, 0) is 116 Å². The Hall–Kier alpha value is -6.90. The molecule has 10 rings (SSSR count). The molecule has 52 heavy (non-hydrogen) atoms. The first-order chi connectivity index (χ1) is 25.8. The standard InChI is InChI=1S/C50H33NO/c1-2-13-35(14-3-1)45-32-39-16-6-7-17-40(39)33-46(45)36-26-28-42(29-27-36)51(47-21-11-23-49-50(47)44-20-8-9-22-48(44)52-49)43-19-10-18-38(31-43)41-25-24-34-12-4-5-15-37(34)30-41/h1-33H. The van der Waals surface area contributed by atoms with Gasteiger partial charge in [-0.15, -0.1) is 0 Å². The minimum Gasteiger partial charge on any atom is -0.456 e. The van der Waals surface area contributed by atoms with Crippen LogP contribution in [0, 0.1) is 0 Å². The summed E-state index contributed by atoms with van der Waals surface area (Å²) >= 11 is 0. The number of fused-ring (bicyclic) bond motifs is 5. The number of hydrogen-bond donors (Lipinski definition) is 0. The third kappa shape index (κ3) is 5.21. The van der Waals surface area contributed by atoms with Crippen LogP contribution in [0.5, 0.6) is 0 Å². The zero-order chi connectivity index (χ0) is 34.4. The summed E-state index contributed by atoms with van der Waals surface area (Å²) in [5.74, 6) is 0. The Labute approximate surface area is 302 Å². The SMILES string of the molecule is c1ccc(-c2cc3ccccc3cc2-c2ccc(N(c3cccc(-c4ccc5ccccc5c4)c3)c3cccc4oc5ccccc5c34)cc2)cc1. The van der Waals surface area contributed by atoms with Crippen LogP contribution in [-0.2, 0) is 0 Å². The van der Waals surface area contributed by atoms with Crippen LogP contribution in [0.2, 0.25) is 0 Å². The van der Waals surface area contributed by atoms with Gasteiger partial charge in [0.2, 0.25) is 0 Å². The van der Waals surface area contributed by atoms with Crippen molar-refractivity contribution in [2.24, 2.45) is 0 Å². The van der Waals surface area contributed by atoms with Gasteiger partial charge in [0, 0.05) is 16.8 Å². The number of hydrogen-bond acceptors (Lipinski definition) is 2. The Bertz CT molecular complexity index is 2900. The van der Waals surface area contributed by atoms with Crippen LogP contribution in [0.25, 0.3) is 76.9 Å². The van der Waals surface area contributed by atoms with Crippen molar-refractivity contribution < 1.29 is 4.42 Å². The number of nitrogens with zero attached hydrogens (tertiary/aromatic N) is 1. The van der Waals surface area contributed by atoms with Crippen LogP contribution >= 0.6 is 0 Å². The van der Waals surface area contributed by atoms with Gasteiger partial charge in [0.1, 0.15) is 11.2 Å². The maximum absolute atomic E-state index is 6.39. The molecule has 244 valence electrons. The molecule has 10 aromatic rings. The van der Waals surface area contributed by atoms with Crippen molar-refractivity contribution in [1.82, 2.24) is 0 Å². The van der Waals surface area contributed by atoms with Crippen molar-refractivity contribution in [2.75, 3.05) is 4.90 Å². The maximum atomic E-state index is 6.39. The summed E-state index contributed by atoms with van der Waals surface area (Å²) in [6.07, 6.45) is 0. The fraction of sp³-hybridized carbons (Fsp3) is 0. The maximum Gasteiger partial charge on any atom is 0.137 e. The molecule has 2 nitrogen and oxygen atoms in total. The molecule has 0 unspecified atom stereocenters. The fourth-order valence-corrected chi connectivity index (χ4v) is 7.69. The lowest BCUT2D eigenvalue weighted by molar-refractivity contribution is 0.669. The number of furan rings is 1. The Morgan fingerprint density at radius 1 is 0.327 bits per heavy atom. The van der Waals surface area contributed by atoms with Crippen molar-refractivity contribution in [3.05, 3.63) is 200 Å². The molecule has 0 fully saturated rings. The summed E-state index contributed by atoms with van der Waals surface area (Å²) < 4.78 is 6.39. The molecule has 0 atom stereocenters. The highest BCUT2D eigenvalue weighted by Crippen LogP contribution is 2.44. The molecule has 0 N–H and O–H groups in total. The third-order valence-electron chi connectivity index (χ3n) is 10.2. The minimum atomic E-state index is 0.870. The summed E-state index contributed by atoms with van der Waals surface area (Å²) in [5.41, 5.74) is 12.1. The molecule has 0 bridgehead atoms. The number of para-hydroxylation sites is 1. The highest BCUT2D eigenvalue weighted by Gasteiger charge is 2.20. The molecular formula is C50H33NO. The van der Waals surface area contributed by atoms with Gasteiger partial charge in [-0.3, -0.25) is 0 Å². The van der Waals surface area contributed by atoms with E-state index in [1.807, 2.05) is 12.1 Å². The Morgan fingerprint density at radius 3 is 1.65 bits per heavy atom. The third-order valence-corrected chi connectivity index (χ3v) is 10.2. The molecule has 0 aliphatic carbocycles. The summed E-state index contributed by atoms with van der Waals surface area (Å²) in [7, 11) is 0. The van der Waals surface area contributed by atoms with Gasteiger partial charge in [-0.25, -0.2) is 0 Å². The highest BCUT2D eigenvalue weighted by atomic mass is 16.3. The van der Waals surface area contributed by atoms with Crippen LogP contribution in [0.15, 0.2) is 205 Å².